The molecule has 3 amide bonds. The zero-order chi connectivity index (χ0) is 19.4. The van der Waals surface area contributed by atoms with Crippen molar-refractivity contribution in [2.75, 3.05) is 6.54 Å². The zero-order valence-corrected chi connectivity index (χ0v) is 15.4. The second-order valence-corrected chi connectivity index (χ2v) is 7.39. The van der Waals surface area contributed by atoms with Gasteiger partial charge in [0.15, 0.2) is 5.78 Å². The smallest absolute Gasteiger partial charge is 0.253 e. The number of rotatable bonds is 8. The van der Waals surface area contributed by atoms with E-state index in [9.17, 15) is 24.0 Å². The van der Waals surface area contributed by atoms with Crippen LogP contribution in [-0.2, 0) is 24.0 Å². The molecular weight excluding hydrogens is 324 g/mol. The van der Waals surface area contributed by atoms with Crippen LogP contribution < -0.4 is 5.32 Å². The van der Waals surface area contributed by atoms with Crippen LogP contribution in [0.25, 0.3) is 0 Å². The number of nitrogens with zero attached hydrogens (tertiary/aromatic N) is 1. The van der Waals surface area contributed by atoms with E-state index in [1.165, 1.54) is 0 Å². The van der Waals surface area contributed by atoms with Crippen molar-refractivity contribution in [2.45, 2.75) is 53.5 Å². The van der Waals surface area contributed by atoms with Gasteiger partial charge in [-0.15, -0.1) is 0 Å². The zero-order valence-electron chi connectivity index (χ0n) is 15.4. The van der Waals surface area contributed by atoms with Crippen molar-refractivity contribution >= 4 is 29.3 Å². The quantitative estimate of drug-likeness (QED) is 0.659. The lowest BCUT2D eigenvalue weighted by Crippen LogP contribution is -2.42. The molecule has 0 saturated heterocycles. The average Bonchev–Trinajstić information content (AvgIpc) is 2.81. The molecule has 7 nitrogen and oxygen atoms in total. The van der Waals surface area contributed by atoms with E-state index in [4.69, 9.17) is 0 Å². The highest BCUT2D eigenvalue weighted by Gasteiger charge is 2.29. The summed E-state index contributed by atoms with van der Waals surface area (Å²) >= 11 is 0. The Morgan fingerprint density at radius 1 is 1.08 bits per heavy atom. The van der Waals surface area contributed by atoms with Crippen LogP contribution in [0.4, 0.5) is 0 Å². The van der Waals surface area contributed by atoms with Crippen LogP contribution in [0.5, 0.6) is 0 Å². The highest BCUT2D eigenvalue weighted by atomic mass is 16.2. The van der Waals surface area contributed by atoms with Gasteiger partial charge in [0, 0.05) is 42.9 Å². The molecule has 0 unspecified atom stereocenters. The number of ketones is 2. The summed E-state index contributed by atoms with van der Waals surface area (Å²) in [4.78, 5) is 60.0. The maximum atomic E-state index is 12.2. The number of hydrogen-bond donors (Lipinski definition) is 1. The number of amides is 3. The van der Waals surface area contributed by atoms with Gasteiger partial charge in [-0.05, 0) is 6.92 Å². The second-order valence-electron chi connectivity index (χ2n) is 7.39. The normalized spacial score (nSPS) is 16.8. The fraction of sp³-hybridized carbons (Fsp3) is 0.611. The van der Waals surface area contributed by atoms with Gasteiger partial charge in [-0.25, -0.2) is 0 Å². The van der Waals surface area contributed by atoms with Crippen molar-refractivity contribution in [3.8, 4) is 0 Å². The van der Waals surface area contributed by atoms with Crippen molar-refractivity contribution in [2.24, 2.45) is 11.3 Å². The number of imide groups is 1. The topological polar surface area (TPSA) is 101 Å². The van der Waals surface area contributed by atoms with Gasteiger partial charge in [0.1, 0.15) is 5.78 Å². The van der Waals surface area contributed by atoms with E-state index in [0.29, 0.717) is 0 Å². The van der Waals surface area contributed by atoms with Crippen LogP contribution in [0.1, 0.15) is 47.5 Å². The van der Waals surface area contributed by atoms with Gasteiger partial charge >= 0.3 is 0 Å². The van der Waals surface area contributed by atoms with Crippen molar-refractivity contribution in [3.63, 3.8) is 0 Å². The molecule has 0 aromatic heterocycles. The number of carbonyl (C=O) groups excluding carboxylic acids is 5. The highest BCUT2D eigenvalue weighted by molar-refractivity contribution is 6.13. The Morgan fingerprint density at radius 2 is 1.60 bits per heavy atom. The molecular formula is C18H26N2O5. The van der Waals surface area contributed by atoms with Gasteiger partial charge < -0.3 is 5.32 Å². The molecule has 0 radical (unpaired) electrons. The van der Waals surface area contributed by atoms with Gasteiger partial charge in [-0.3, -0.25) is 28.9 Å². The molecule has 0 aromatic rings. The monoisotopic (exact) mass is 350 g/mol. The van der Waals surface area contributed by atoms with E-state index in [-0.39, 0.29) is 31.0 Å². The van der Waals surface area contributed by atoms with Crippen molar-refractivity contribution in [1.82, 2.24) is 10.2 Å². The molecule has 138 valence electrons. The molecule has 0 aromatic carbocycles. The predicted molar refractivity (Wildman–Crippen MR) is 91.3 cm³/mol. The number of nitrogens with one attached hydrogen (secondary N) is 1. The van der Waals surface area contributed by atoms with Crippen molar-refractivity contribution < 1.29 is 24.0 Å². The van der Waals surface area contributed by atoms with E-state index in [2.05, 4.69) is 5.32 Å². The molecule has 2 atom stereocenters. The van der Waals surface area contributed by atoms with Crippen LogP contribution in [0, 0.1) is 11.3 Å². The summed E-state index contributed by atoms with van der Waals surface area (Å²) in [6.07, 6.45) is 2.29. The summed E-state index contributed by atoms with van der Waals surface area (Å²) < 4.78 is 0. The first-order valence-electron chi connectivity index (χ1n) is 8.33. The third-order valence-corrected chi connectivity index (χ3v) is 4.02. The lowest BCUT2D eigenvalue weighted by Gasteiger charge is -2.22. The molecule has 1 aliphatic heterocycles. The summed E-state index contributed by atoms with van der Waals surface area (Å²) in [6.45, 7) is 8.64. The molecule has 0 bridgehead atoms. The first-order valence-corrected chi connectivity index (χ1v) is 8.33. The summed E-state index contributed by atoms with van der Waals surface area (Å²) in [7, 11) is 0. The van der Waals surface area contributed by atoms with Crippen LogP contribution >= 0.6 is 0 Å². The Kier molecular flexibility index (Phi) is 6.78. The van der Waals surface area contributed by atoms with Gasteiger partial charge in [0.2, 0.25) is 5.91 Å². The minimum atomic E-state index is -0.731. The van der Waals surface area contributed by atoms with Gasteiger partial charge in [0.05, 0.1) is 6.04 Å². The molecule has 7 heteroatoms. The standard InChI is InChI=1S/C18H26N2O5/c1-11(17(25)18(3,4)5)10-13(21)12(2)19-14(22)8-9-20-15(23)6-7-16(20)24/h6-7,11-12H,8-10H2,1-5H3,(H,19,22)/t11-,12+/m1/s1. The van der Waals surface area contributed by atoms with Crippen LogP contribution in [0.15, 0.2) is 12.2 Å². The second kappa shape index (κ2) is 8.18. The Morgan fingerprint density at radius 3 is 2.08 bits per heavy atom. The first-order chi connectivity index (χ1) is 11.4. The molecule has 1 rings (SSSR count). The van der Waals surface area contributed by atoms with E-state index in [1.807, 2.05) is 0 Å². The third-order valence-electron chi connectivity index (χ3n) is 4.02. The lowest BCUT2D eigenvalue weighted by atomic mass is 9.81. The summed E-state index contributed by atoms with van der Waals surface area (Å²) in [5.41, 5.74) is -0.519. The molecule has 0 aliphatic carbocycles. The molecule has 1 N–H and O–H groups in total. The number of hydrogen-bond acceptors (Lipinski definition) is 5. The largest absolute Gasteiger partial charge is 0.347 e. The SMILES string of the molecule is C[C@H](CC(=O)[C@H](C)NC(=O)CCN1C(=O)C=CC1=O)C(=O)C(C)(C)C. The first kappa shape index (κ1) is 20.7. The number of carbonyl (C=O) groups is 5. The molecule has 0 saturated carbocycles. The molecule has 1 aliphatic rings. The van der Waals surface area contributed by atoms with Crippen LogP contribution in [0.2, 0.25) is 0 Å². The van der Waals surface area contributed by atoms with E-state index in [0.717, 1.165) is 17.1 Å². The van der Waals surface area contributed by atoms with Crippen molar-refractivity contribution in [1.29, 1.82) is 0 Å². The number of Topliss-reactive ketones (excluding diaryl/α,β-unsaturated/α-hetero) is 2. The van der Waals surface area contributed by atoms with Crippen LogP contribution in [0.3, 0.4) is 0 Å². The van der Waals surface area contributed by atoms with E-state index < -0.39 is 35.1 Å². The summed E-state index contributed by atoms with van der Waals surface area (Å²) in [6, 6.07) is -0.731. The Labute approximate surface area is 147 Å². The Hall–Kier alpha value is -2.31. The fourth-order valence-corrected chi connectivity index (χ4v) is 2.57. The van der Waals surface area contributed by atoms with Crippen LogP contribution in [-0.4, -0.2) is 46.8 Å². The summed E-state index contributed by atoms with van der Waals surface area (Å²) in [5, 5.41) is 2.55. The predicted octanol–water partition coefficient (Wildman–Crippen LogP) is 1.02. The van der Waals surface area contributed by atoms with Gasteiger partial charge in [-0.2, -0.15) is 0 Å². The molecule has 25 heavy (non-hydrogen) atoms. The molecule has 0 fully saturated rings. The van der Waals surface area contributed by atoms with E-state index in [1.54, 1.807) is 34.6 Å². The van der Waals surface area contributed by atoms with Crippen molar-refractivity contribution in [3.05, 3.63) is 12.2 Å². The third kappa shape index (κ3) is 5.92. The highest BCUT2D eigenvalue weighted by Crippen LogP contribution is 2.22. The maximum absolute atomic E-state index is 12.2. The van der Waals surface area contributed by atoms with E-state index >= 15 is 0 Å². The minimum absolute atomic E-state index is 0.00191. The fourth-order valence-electron chi connectivity index (χ4n) is 2.57. The maximum Gasteiger partial charge on any atom is 0.253 e. The molecule has 1 heterocycles. The Bertz CT molecular complexity index is 597. The summed E-state index contributed by atoms with van der Waals surface area (Å²) in [5.74, 6) is -1.97. The van der Waals surface area contributed by atoms with Gasteiger partial charge in [0.25, 0.3) is 11.8 Å². The lowest BCUT2D eigenvalue weighted by molar-refractivity contribution is -0.137. The minimum Gasteiger partial charge on any atom is -0.347 e. The molecule has 0 spiro atoms. The Balaban J connectivity index is 2.44. The van der Waals surface area contributed by atoms with Gasteiger partial charge in [-0.1, -0.05) is 27.7 Å². The average molecular weight is 350 g/mol.